The highest BCUT2D eigenvalue weighted by Crippen LogP contribution is 2.37. The summed E-state index contributed by atoms with van der Waals surface area (Å²) in [6, 6.07) is 14.3. The maximum absolute atomic E-state index is 9.90. The number of aliphatic hydroxyl groups is 1. The van der Waals surface area contributed by atoms with Crippen LogP contribution in [-0.4, -0.2) is 12.2 Å². The molecule has 4 nitrogen and oxygen atoms in total. The van der Waals surface area contributed by atoms with Crippen LogP contribution in [0.25, 0.3) is 0 Å². The summed E-state index contributed by atoms with van der Waals surface area (Å²) >= 11 is 0. The van der Waals surface area contributed by atoms with Crippen LogP contribution >= 0.6 is 0 Å². The Morgan fingerprint density at radius 1 is 1.05 bits per heavy atom. The van der Waals surface area contributed by atoms with Crippen molar-refractivity contribution in [2.24, 2.45) is 0 Å². The zero-order valence-electron chi connectivity index (χ0n) is 11.3. The molecular weight excluding hydrogens is 254 g/mol. The Morgan fingerprint density at radius 2 is 1.70 bits per heavy atom. The van der Waals surface area contributed by atoms with Crippen molar-refractivity contribution in [1.82, 2.24) is 0 Å². The molecule has 1 atom stereocenters. The molecule has 2 aromatic carbocycles. The number of para-hydroxylation sites is 1. The van der Waals surface area contributed by atoms with E-state index in [0.717, 1.165) is 0 Å². The molecule has 0 aliphatic rings. The van der Waals surface area contributed by atoms with E-state index in [2.05, 4.69) is 6.07 Å². The zero-order chi connectivity index (χ0) is 14.5. The van der Waals surface area contributed by atoms with Crippen LogP contribution in [0.2, 0.25) is 0 Å². The van der Waals surface area contributed by atoms with Crippen molar-refractivity contribution in [2.45, 2.75) is 13.0 Å². The van der Waals surface area contributed by atoms with E-state index in [1.807, 2.05) is 0 Å². The van der Waals surface area contributed by atoms with Gasteiger partial charge in [0.2, 0.25) is 0 Å². The fourth-order valence-corrected chi connectivity index (χ4v) is 1.97. The van der Waals surface area contributed by atoms with Crippen LogP contribution in [0, 0.1) is 11.3 Å². The Kier molecular flexibility index (Phi) is 4.24. The maximum Gasteiger partial charge on any atom is 0.145 e. The monoisotopic (exact) mass is 269 g/mol. The summed E-state index contributed by atoms with van der Waals surface area (Å²) in [7, 11) is 1.54. The molecule has 0 saturated heterocycles. The smallest absolute Gasteiger partial charge is 0.145 e. The van der Waals surface area contributed by atoms with Gasteiger partial charge in [0, 0.05) is 0 Å². The van der Waals surface area contributed by atoms with E-state index in [9.17, 15) is 5.11 Å². The summed E-state index contributed by atoms with van der Waals surface area (Å²) < 4.78 is 11.0. The lowest BCUT2D eigenvalue weighted by atomic mass is 10.1. The van der Waals surface area contributed by atoms with E-state index in [0.29, 0.717) is 28.4 Å². The van der Waals surface area contributed by atoms with Gasteiger partial charge in [0.25, 0.3) is 0 Å². The number of nitrogens with zero attached hydrogens (tertiary/aromatic N) is 1. The molecule has 0 amide bonds. The van der Waals surface area contributed by atoms with Gasteiger partial charge >= 0.3 is 0 Å². The van der Waals surface area contributed by atoms with Crippen LogP contribution in [0.3, 0.4) is 0 Å². The summed E-state index contributed by atoms with van der Waals surface area (Å²) in [5.74, 6) is 1.47. The van der Waals surface area contributed by atoms with Crippen molar-refractivity contribution >= 4 is 0 Å². The average Bonchev–Trinajstić information content (AvgIpc) is 2.47. The largest absolute Gasteiger partial charge is 0.496 e. The summed E-state index contributed by atoms with van der Waals surface area (Å²) in [5, 5.41) is 19.0. The van der Waals surface area contributed by atoms with Crippen molar-refractivity contribution in [2.75, 3.05) is 7.11 Å². The number of nitriles is 1. The first-order valence-corrected chi connectivity index (χ1v) is 6.19. The Hall–Kier alpha value is -2.51. The Balaban J connectivity index is 2.46. The summed E-state index contributed by atoms with van der Waals surface area (Å²) in [5.41, 5.74) is 0.995. The minimum absolute atomic E-state index is 0.437. The molecular formula is C16H15NO3. The van der Waals surface area contributed by atoms with Crippen LogP contribution in [0.15, 0.2) is 42.5 Å². The first kappa shape index (κ1) is 13.9. The van der Waals surface area contributed by atoms with Gasteiger partial charge in [-0.2, -0.15) is 5.26 Å². The fraction of sp³-hybridized carbons (Fsp3) is 0.188. The normalized spacial score (nSPS) is 11.5. The molecule has 2 aromatic rings. The molecule has 0 fully saturated rings. The first-order chi connectivity index (χ1) is 9.67. The predicted molar refractivity (Wildman–Crippen MR) is 74.9 cm³/mol. The molecule has 0 bridgehead atoms. The lowest BCUT2D eigenvalue weighted by Gasteiger charge is -2.16. The second-order valence-corrected chi connectivity index (χ2v) is 4.26. The summed E-state index contributed by atoms with van der Waals surface area (Å²) in [4.78, 5) is 0. The van der Waals surface area contributed by atoms with Gasteiger partial charge in [-0.05, 0) is 31.2 Å². The van der Waals surface area contributed by atoms with Gasteiger partial charge in [-0.1, -0.05) is 18.2 Å². The predicted octanol–water partition coefficient (Wildman–Crippen LogP) is 3.41. The number of aliphatic hydroxyl groups excluding tert-OH is 1. The number of rotatable bonds is 4. The third-order valence-corrected chi connectivity index (χ3v) is 2.89. The third kappa shape index (κ3) is 2.73. The van der Waals surface area contributed by atoms with Crippen LogP contribution in [0.1, 0.15) is 24.2 Å². The standard InChI is InChI=1S/C16H15NO3/c1-11(18)16-14(19-2)8-5-9-15(16)20-13-7-4-3-6-12(13)10-17/h3-9,11,18H,1-2H3/t11-/m0/s1. The van der Waals surface area contributed by atoms with Crippen LogP contribution < -0.4 is 9.47 Å². The molecule has 0 radical (unpaired) electrons. The van der Waals surface area contributed by atoms with E-state index >= 15 is 0 Å². The molecule has 0 spiro atoms. The molecule has 102 valence electrons. The minimum atomic E-state index is -0.740. The quantitative estimate of drug-likeness (QED) is 0.923. The molecule has 0 unspecified atom stereocenters. The lowest BCUT2D eigenvalue weighted by molar-refractivity contribution is 0.190. The summed E-state index contributed by atoms with van der Waals surface area (Å²) in [6.45, 7) is 1.64. The van der Waals surface area contributed by atoms with Gasteiger partial charge in [0.1, 0.15) is 23.3 Å². The first-order valence-electron chi connectivity index (χ1n) is 6.19. The molecule has 0 aliphatic carbocycles. The Labute approximate surface area is 117 Å². The number of hydrogen-bond donors (Lipinski definition) is 1. The molecule has 0 aliphatic heterocycles. The van der Waals surface area contributed by atoms with Crippen molar-refractivity contribution < 1.29 is 14.6 Å². The van der Waals surface area contributed by atoms with Gasteiger partial charge in [-0.25, -0.2) is 0 Å². The second-order valence-electron chi connectivity index (χ2n) is 4.26. The van der Waals surface area contributed by atoms with Gasteiger partial charge in [-0.3, -0.25) is 0 Å². The average molecular weight is 269 g/mol. The van der Waals surface area contributed by atoms with Gasteiger partial charge in [-0.15, -0.1) is 0 Å². The van der Waals surface area contributed by atoms with Crippen LogP contribution in [0.5, 0.6) is 17.2 Å². The van der Waals surface area contributed by atoms with E-state index in [-0.39, 0.29) is 0 Å². The topological polar surface area (TPSA) is 62.5 Å². The van der Waals surface area contributed by atoms with Crippen LogP contribution in [-0.2, 0) is 0 Å². The third-order valence-electron chi connectivity index (χ3n) is 2.89. The SMILES string of the molecule is COc1cccc(Oc2ccccc2C#N)c1[C@H](C)O. The second kappa shape index (κ2) is 6.09. The molecule has 0 heterocycles. The molecule has 0 aromatic heterocycles. The van der Waals surface area contributed by atoms with Gasteiger partial charge < -0.3 is 14.6 Å². The van der Waals surface area contributed by atoms with E-state index < -0.39 is 6.10 Å². The van der Waals surface area contributed by atoms with Crippen molar-refractivity contribution in [3.8, 4) is 23.3 Å². The van der Waals surface area contributed by atoms with Gasteiger partial charge in [0.15, 0.2) is 0 Å². The molecule has 4 heteroatoms. The highest BCUT2D eigenvalue weighted by molar-refractivity contribution is 5.50. The summed E-state index contributed by atoms with van der Waals surface area (Å²) in [6.07, 6.45) is -0.740. The lowest BCUT2D eigenvalue weighted by Crippen LogP contribution is -2.00. The number of hydrogen-bond acceptors (Lipinski definition) is 4. The number of benzene rings is 2. The van der Waals surface area contributed by atoms with Gasteiger partial charge in [0.05, 0.1) is 24.3 Å². The molecule has 1 N–H and O–H groups in total. The van der Waals surface area contributed by atoms with E-state index in [4.69, 9.17) is 14.7 Å². The minimum Gasteiger partial charge on any atom is -0.496 e. The van der Waals surface area contributed by atoms with Crippen molar-refractivity contribution in [3.05, 3.63) is 53.6 Å². The number of methoxy groups -OCH3 is 1. The highest BCUT2D eigenvalue weighted by atomic mass is 16.5. The zero-order valence-corrected chi connectivity index (χ0v) is 11.3. The van der Waals surface area contributed by atoms with E-state index in [1.54, 1.807) is 49.4 Å². The van der Waals surface area contributed by atoms with Crippen LogP contribution in [0.4, 0.5) is 0 Å². The molecule has 0 saturated carbocycles. The van der Waals surface area contributed by atoms with Crippen molar-refractivity contribution in [1.29, 1.82) is 5.26 Å². The fourth-order valence-electron chi connectivity index (χ4n) is 1.97. The number of ether oxygens (including phenoxy) is 2. The highest BCUT2D eigenvalue weighted by Gasteiger charge is 2.16. The van der Waals surface area contributed by atoms with Crippen molar-refractivity contribution in [3.63, 3.8) is 0 Å². The maximum atomic E-state index is 9.90. The Morgan fingerprint density at radius 3 is 2.35 bits per heavy atom. The molecule has 2 rings (SSSR count). The molecule has 20 heavy (non-hydrogen) atoms. The van der Waals surface area contributed by atoms with E-state index in [1.165, 1.54) is 7.11 Å². The Bertz CT molecular complexity index is 644.